The second-order valence-corrected chi connectivity index (χ2v) is 7.43. The molecule has 6 heteroatoms. The van der Waals surface area contributed by atoms with E-state index in [0.717, 1.165) is 53.8 Å². The number of likely N-dealkylation sites (tertiary alicyclic amines) is 1. The van der Waals surface area contributed by atoms with Crippen LogP contribution in [0.15, 0.2) is 48.8 Å². The lowest BCUT2D eigenvalue weighted by molar-refractivity contribution is 0.0570. The third kappa shape index (κ3) is 4.22. The van der Waals surface area contributed by atoms with Gasteiger partial charge in [-0.15, -0.1) is 0 Å². The highest BCUT2D eigenvalue weighted by atomic mass is 16.5. The van der Waals surface area contributed by atoms with E-state index in [1.807, 2.05) is 41.3 Å². The number of hydrogen-bond donors (Lipinski definition) is 0. The van der Waals surface area contributed by atoms with Gasteiger partial charge < -0.3 is 14.4 Å². The van der Waals surface area contributed by atoms with E-state index in [0.29, 0.717) is 18.1 Å². The van der Waals surface area contributed by atoms with E-state index in [2.05, 4.69) is 9.97 Å². The summed E-state index contributed by atoms with van der Waals surface area (Å²) in [5.41, 5.74) is 3.21. The number of piperidine rings is 1. The van der Waals surface area contributed by atoms with Crippen LogP contribution >= 0.6 is 0 Å². The maximum atomic E-state index is 12.9. The zero-order valence-corrected chi connectivity index (χ0v) is 16.8. The van der Waals surface area contributed by atoms with Gasteiger partial charge in [0.15, 0.2) is 0 Å². The number of ether oxygens (including phenoxy) is 2. The number of pyridine rings is 2. The van der Waals surface area contributed by atoms with Gasteiger partial charge in [-0.05, 0) is 55.2 Å². The van der Waals surface area contributed by atoms with E-state index in [1.54, 1.807) is 26.6 Å². The molecule has 0 bridgehead atoms. The summed E-state index contributed by atoms with van der Waals surface area (Å²) in [5.74, 6) is 1.23. The third-order valence-electron chi connectivity index (χ3n) is 5.40. The fraction of sp³-hybridized carbons (Fsp3) is 0.348. The molecule has 1 saturated heterocycles. The van der Waals surface area contributed by atoms with Crippen molar-refractivity contribution in [3.05, 3.63) is 54.4 Å². The summed E-state index contributed by atoms with van der Waals surface area (Å²) in [5, 5.41) is 0.987. The van der Waals surface area contributed by atoms with Gasteiger partial charge in [-0.3, -0.25) is 14.8 Å². The van der Waals surface area contributed by atoms with Gasteiger partial charge in [0.1, 0.15) is 5.75 Å². The standard InChI is InChI=1S/C23H25N3O3/c1-28-15-16-4-3-9-26(14-16)23(27)17-5-7-22(24-12-17)19-10-18-11-20(29-2)6-8-21(18)25-13-19/h5-8,10-13,16H,3-4,9,14-15H2,1-2H3. The van der Waals surface area contributed by atoms with Crippen molar-refractivity contribution in [2.75, 3.05) is 33.9 Å². The Hall–Kier alpha value is -2.99. The topological polar surface area (TPSA) is 64.5 Å². The number of benzene rings is 1. The van der Waals surface area contributed by atoms with Crippen LogP contribution in [0.1, 0.15) is 23.2 Å². The maximum absolute atomic E-state index is 12.9. The number of carbonyl (C=O) groups excluding carboxylic acids is 1. The molecule has 1 unspecified atom stereocenters. The average molecular weight is 391 g/mol. The van der Waals surface area contributed by atoms with Crippen LogP contribution in [0, 0.1) is 5.92 Å². The number of rotatable bonds is 5. The Balaban J connectivity index is 1.53. The fourth-order valence-corrected chi connectivity index (χ4v) is 3.87. The number of fused-ring (bicyclic) bond motifs is 1. The molecule has 3 aromatic rings. The minimum absolute atomic E-state index is 0.0335. The molecule has 0 N–H and O–H groups in total. The molecule has 0 saturated carbocycles. The Morgan fingerprint density at radius 2 is 2.03 bits per heavy atom. The lowest BCUT2D eigenvalue weighted by atomic mass is 9.98. The molecule has 1 aromatic carbocycles. The monoisotopic (exact) mass is 391 g/mol. The quantitative estimate of drug-likeness (QED) is 0.662. The first-order valence-electron chi connectivity index (χ1n) is 9.86. The molecule has 1 aliphatic rings. The Morgan fingerprint density at radius 1 is 1.14 bits per heavy atom. The molecule has 29 heavy (non-hydrogen) atoms. The number of carbonyl (C=O) groups is 1. The molecule has 0 radical (unpaired) electrons. The van der Waals surface area contributed by atoms with E-state index in [4.69, 9.17) is 9.47 Å². The van der Waals surface area contributed by atoms with Crippen molar-refractivity contribution < 1.29 is 14.3 Å². The zero-order valence-electron chi connectivity index (χ0n) is 16.8. The van der Waals surface area contributed by atoms with Gasteiger partial charge in [0.25, 0.3) is 5.91 Å². The van der Waals surface area contributed by atoms with E-state index >= 15 is 0 Å². The summed E-state index contributed by atoms with van der Waals surface area (Å²) < 4.78 is 10.6. The summed E-state index contributed by atoms with van der Waals surface area (Å²) in [6, 6.07) is 11.5. The summed E-state index contributed by atoms with van der Waals surface area (Å²) in [4.78, 5) is 23.8. The number of hydrogen-bond acceptors (Lipinski definition) is 5. The molecule has 0 spiro atoms. The number of methoxy groups -OCH3 is 2. The summed E-state index contributed by atoms with van der Waals surface area (Å²) in [7, 11) is 3.36. The van der Waals surface area contributed by atoms with Crippen LogP contribution < -0.4 is 4.74 Å². The van der Waals surface area contributed by atoms with E-state index in [-0.39, 0.29) is 5.91 Å². The molecular formula is C23H25N3O3. The second kappa shape index (κ2) is 8.57. The fourth-order valence-electron chi connectivity index (χ4n) is 3.87. The maximum Gasteiger partial charge on any atom is 0.255 e. The van der Waals surface area contributed by atoms with Crippen LogP contribution in [0.4, 0.5) is 0 Å². The van der Waals surface area contributed by atoms with E-state index in [1.165, 1.54) is 0 Å². The van der Waals surface area contributed by atoms with Gasteiger partial charge in [0.05, 0.1) is 30.5 Å². The largest absolute Gasteiger partial charge is 0.497 e. The predicted octanol–water partition coefficient (Wildman–Crippen LogP) is 3.80. The molecule has 4 rings (SSSR count). The minimum atomic E-state index is 0.0335. The van der Waals surface area contributed by atoms with Gasteiger partial charge >= 0.3 is 0 Å². The molecule has 6 nitrogen and oxygen atoms in total. The van der Waals surface area contributed by atoms with Crippen molar-refractivity contribution in [2.45, 2.75) is 12.8 Å². The van der Waals surface area contributed by atoms with E-state index < -0.39 is 0 Å². The van der Waals surface area contributed by atoms with Crippen LogP contribution in [0.25, 0.3) is 22.2 Å². The Labute approximate surface area is 170 Å². The van der Waals surface area contributed by atoms with Gasteiger partial charge in [0, 0.05) is 43.5 Å². The lowest BCUT2D eigenvalue weighted by Gasteiger charge is -2.32. The molecule has 1 fully saturated rings. The van der Waals surface area contributed by atoms with Gasteiger partial charge in [-0.1, -0.05) is 0 Å². The summed E-state index contributed by atoms with van der Waals surface area (Å²) in [6.07, 6.45) is 5.58. The first kappa shape index (κ1) is 19.3. The highest BCUT2D eigenvalue weighted by Gasteiger charge is 2.24. The first-order valence-corrected chi connectivity index (χ1v) is 9.86. The lowest BCUT2D eigenvalue weighted by Crippen LogP contribution is -2.41. The highest BCUT2D eigenvalue weighted by molar-refractivity contribution is 5.94. The molecule has 1 aliphatic heterocycles. The number of amides is 1. The van der Waals surface area contributed by atoms with Gasteiger partial charge in [-0.25, -0.2) is 0 Å². The van der Waals surface area contributed by atoms with Crippen molar-refractivity contribution in [1.29, 1.82) is 0 Å². The Morgan fingerprint density at radius 3 is 2.79 bits per heavy atom. The van der Waals surface area contributed by atoms with Crippen molar-refractivity contribution in [2.24, 2.45) is 5.92 Å². The predicted molar refractivity (Wildman–Crippen MR) is 112 cm³/mol. The average Bonchev–Trinajstić information content (AvgIpc) is 2.78. The normalized spacial score (nSPS) is 16.8. The Kier molecular flexibility index (Phi) is 5.71. The molecule has 0 aliphatic carbocycles. The van der Waals surface area contributed by atoms with Crippen LogP contribution in [0.3, 0.4) is 0 Å². The van der Waals surface area contributed by atoms with Crippen LogP contribution in [0.5, 0.6) is 5.75 Å². The van der Waals surface area contributed by atoms with Crippen LogP contribution in [-0.4, -0.2) is 54.7 Å². The SMILES string of the molecule is COCC1CCCN(C(=O)c2ccc(-c3cnc4ccc(OC)cc4c3)nc2)C1. The molecule has 2 aromatic heterocycles. The minimum Gasteiger partial charge on any atom is -0.497 e. The van der Waals surface area contributed by atoms with E-state index in [9.17, 15) is 4.79 Å². The smallest absolute Gasteiger partial charge is 0.255 e. The first-order chi connectivity index (χ1) is 14.2. The molecule has 1 amide bonds. The van der Waals surface area contributed by atoms with Crippen molar-refractivity contribution in [3.63, 3.8) is 0 Å². The zero-order chi connectivity index (χ0) is 20.2. The van der Waals surface area contributed by atoms with Crippen LogP contribution in [-0.2, 0) is 4.74 Å². The van der Waals surface area contributed by atoms with Crippen molar-refractivity contribution in [1.82, 2.24) is 14.9 Å². The Bertz CT molecular complexity index is 1000. The van der Waals surface area contributed by atoms with Crippen LogP contribution in [0.2, 0.25) is 0 Å². The van der Waals surface area contributed by atoms with Gasteiger partial charge in [-0.2, -0.15) is 0 Å². The molecule has 3 heterocycles. The number of aromatic nitrogens is 2. The summed E-state index contributed by atoms with van der Waals surface area (Å²) in [6.45, 7) is 2.22. The summed E-state index contributed by atoms with van der Waals surface area (Å²) >= 11 is 0. The van der Waals surface area contributed by atoms with Crippen molar-refractivity contribution in [3.8, 4) is 17.0 Å². The molecule has 1 atom stereocenters. The third-order valence-corrected chi connectivity index (χ3v) is 5.40. The van der Waals surface area contributed by atoms with Gasteiger partial charge in [0.2, 0.25) is 0 Å². The number of nitrogens with zero attached hydrogens (tertiary/aromatic N) is 3. The van der Waals surface area contributed by atoms with Crippen molar-refractivity contribution >= 4 is 16.8 Å². The molecular weight excluding hydrogens is 366 g/mol. The highest BCUT2D eigenvalue weighted by Crippen LogP contribution is 2.25. The molecule has 150 valence electrons. The second-order valence-electron chi connectivity index (χ2n) is 7.43.